The van der Waals surface area contributed by atoms with Crippen molar-refractivity contribution in [3.8, 4) is 0 Å². The van der Waals surface area contributed by atoms with Gasteiger partial charge in [-0.25, -0.2) is 4.98 Å². The van der Waals surface area contributed by atoms with E-state index in [1.807, 2.05) is 0 Å². The minimum Gasteiger partial charge on any atom is -0.366 e. The van der Waals surface area contributed by atoms with Crippen LogP contribution in [0, 0.1) is 0 Å². The molecule has 1 fully saturated rings. The summed E-state index contributed by atoms with van der Waals surface area (Å²) in [6.45, 7) is 2.97. The van der Waals surface area contributed by atoms with Crippen molar-refractivity contribution in [2.24, 2.45) is 11.5 Å². The molecule has 1 heterocycles. The summed E-state index contributed by atoms with van der Waals surface area (Å²) in [5.74, 6) is 0.421. The molecule has 1 aromatic heterocycles. The molecule has 0 saturated heterocycles. The topological polar surface area (TPSA) is 85.2 Å². The summed E-state index contributed by atoms with van der Waals surface area (Å²) < 4.78 is 0. The lowest BCUT2D eigenvalue weighted by Crippen LogP contribution is -2.41. The van der Waals surface area contributed by atoms with Gasteiger partial charge in [-0.15, -0.1) is 0 Å². The number of amides is 1. The number of primary amides is 1. The lowest BCUT2D eigenvalue weighted by Gasteiger charge is -2.36. The van der Waals surface area contributed by atoms with E-state index in [-0.39, 0.29) is 0 Å². The first kappa shape index (κ1) is 13.8. The number of nitrogens with two attached hydrogens (primary N) is 2. The van der Waals surface area contributed by atoms with Gasteiger partial charge in [0.1, 0.15) is 5.82 Å². The maximum atomic E-state index is 11.2. The summed E-state index contributed by atoms with van der Waals surface area (Å²) >= 11 is 0. The molecule has 5 nitrogen and oxygen atoms in total. The van der Waals surface area contributed by atoms with Crippen molar-refractivity contribution in [2.45, 2.75) is 44.7 Å². The molecule has 1 aliphatic rings. The summed E-state index contributed by atoms with van der Waals surface area (Å²) in [7, 11) is 0. The van der Waals surface area contributed by atoms with Crippen molar-refractivity contribution in [3.63, 3.8) is 0 Å². The highest BCUT2D eigenvalue weighted by Crippen LogP contribution is 2.26. The normalized spacial score (nSPS) is 23.1. The van der Waals surface area contributed by atoms with Crippen LogP contribution in [0.1, 0.15) is 43.0 Å². The van der Waals surface area contributed by atoms with E-state index in [9.17, 15) is 4.79 Å². The fraction of sp³-hybridized carbons (Fsp3) is 0.571. The van der Waals surface area contributed by atoms with Crippen LogP contribution in [-0.2, 0) is 0 Å². The molecule has 1 aromatic rings. The highest BCUT2D eigenvalue weighted by molar-refractivity contribution is 5.93. The predicted molar refractivity (Wildman–Crippen MR) is 76.0 cm³/mol. The zero-order chi connectivity index (χ0) is 13.8. The molecule has 1 saturated carbocycles. The van der Waals surface area contributed by atoms with E-state index in [0.717, 1.165) is 38.0 Å². The number of aromatic nitrogens is 1. The first-order chi connectivity index (χ1) is 9.11. The molecule has 4 N–H and O–H groups in total. The molecule has 19 heavy (non-hydrogen) atoms. The van der Waals surface area contributed by atoms with Crippen LogP contribution < -0.4 is 16.4 Å². The molecule has 0 aromatic carbocycles. The Morgan fingerprint density at radius 1 is 1.42 bits per heavy atom. The van der Waals surface area contributed by atoms with Gasteiger partial charge in [0.05, 0.1) is 0 Å². The third-order valence-electron chi connectivity index (χ3n) is 3.85. The molecule has 2 rings (SSSR count). The maximum Gasteiger partial charge on any atom is 0.248 e. The van der Waals surface area contributed by atoms with Crippen molar-refractivity contribution >= 4 is 11.7 Å². The molecule has 0 atom stereocenters. The summed E-state index contributed by atoms with van der Waals surface area (Å²) in [6, 6.07) is 4.22. The predicted octanol–water partition coefficient (Wildman–Crippen LogP) is 1.28. The molecule has 0 radical (unpaired) electrons. The van der Waals surface area contributed by atoms with Gasteiger partial charge in [0.2, 0.25) is 5.91 Å². The summed E-state index contributed by atoms with van der Waals surface area (Å²) in [5.41, 5.74) is 11.8. The SMILES string of the molecule is CCN(c1cc(C(N)=O)ccn1)C1CCC(N)CC1. The Balaban J connectivity index is 2.17. The van der Waals surface area contributed by atoms with E-state index in [4.69, 9.17) is 11.5 Å². The number of hydrogen-bond donors (Lipinski definition) is 2. The van der Waals surface area contributed by atoms with Crippen LogP contribution in [-0.4, -0.2) is 29.5 Å². The van der Waals surface area contributed by atoms with Gasteiger partial charge in [-0.3, -0.25) is 4.79 Å². The minimum absolute atomic E-state index is 0.333. The van der Waals surface area contributed by atoms with Crippen LogP contribution >= 0.6 is 0 Å². The number of hydrogen-bond acceptors (Lipinski definition) is 4. The van der Waals surface area contributed by atoms with Gasteiger partial charge < -0.3 is 16.4 Å². The van der Waals surface area contributed by atoms with Gasteiger partial charge in [-0.05, 0) is 44.7 Å². The van der Waals surface area contributed by atoms with Gasteiger partial charge in [-0.1, -0.05) is 0 Å². The quantitative estimate of drug-likeness (QED) is 0.856. The highest BCUT2D eigenvalue weighted by atomic mass is 16.1. The standard InChI is InChI=1S/C14H22N4O/c1-2-18(12-5-3-11(15)4-6-12)13-9-10(14(16)19)7-8-17-13/h7-9,11-12H,2-6,15H2,1H3,(H2,16,19). The highest BCUT2D eigenvalue weighted by Gasteiger charge is 2.24. The smallest absolute Gasteiger partial charge is 0.248 e. The van der Waals surface area contributed by atoms with Crippen molar-refractivity contribution in [1.82, 2.24) is 4.98 Å². The van der Waals surface area contributed by atoms with Gasteiger partial charge in [-0.2, -0.15) is 0 Å². The van der Waals surface area contributed by atoms with Crippen LogP contribution in [0.5, 0.6) is 0 Å². The maximum absolute atomic E-state index is 11.2. The number of rotatable bonds is 4. The third-order valence-corrected chi connectivity index (χ3v) is 3.85. The molecule has 0 unspecified atom stereocenters. The number of carbonyl (C=O) groups excluding carboxylic acids is 1. The van der Waals surface area contributed by atoms with Gasteiger partial charge in [0.25, 0.3) is 0 Å². The molecule has 0 aliphatic heterocycles. The van der Waals surface area contributed by atoms with E-state index in [1.165, 1.54) is 0 Å². The van der Waals surface area contributed by atoms with E-state index < -0.39 is 5.91 Å². The Kier molecular flexibility index (Phi) is 4.37. The largest absolute Gasteiger partial charge is 0.366 e. The van der Waals surface area contributed by atoms with Crippen LogP contribution in [0.4, 0.5) is 5.82 Å². The number of nitrogens with zero attached hydrogens (tertiary/aromatic N) is 2. The second kappa shape index (κ2) is 6.02. The number of pyridine rings is 1. The van der Waals surface area contributed by atoms with Crippen LogP contribution in [0.25, 0.3) is 0 Å². The molecule has 0 bridgehead atoms. The molecular formula is C14H22N4O. The van der Waals surface area contributed by atoms with Crippen molar-refractivity contribution < 1.29 is 4.79 Å². The van der Waals surface area contributed by atoms with Gasteiger partial charge in [0.15, 0.2) is 0 Å². The molecular weight excluding hydrogens is 240 g/mol. The monoisotopic (exact) mass is 262 g/mol. The molecule has 5 heteroatoms. The lowest BCUT2D eigenvalue weighted by atomic mass is 9.90. The Bertz CT molecular complexity index is 441. The second-order valence-electron chi connectivity index (χ2n) is 5.12. The lowest BCUT2D eigenvalue weighted by molar-refractivity contribution is 0.1000. The first-order valence-corrected chi connectivity index (χ1v) is 6.90. The average molecular weight is 262 g/mol. The van der Waals surface area contributed by atoms with Crippen LogP contribution in [0.15, 0.2) is 18.3 Å². The Hall–Kier alpha value is -1.62. The molecule has 0 spiro atoms. The van der Waals surface area contributed by atoms with E-state index in [0.29, 0.717) is 17.6 Å². The number of carbonyl (C=O) groups is 1. The fourth-order valence-corrected chi connectivity index (χ4v) is 2.75. The van der Waals surface area contributed by atoms with E-state index >= 15 is 0 Å². The first-order valence-electron chi connectivity index (χ1n) is 6.90. The zero-order valence-corrected chi connectivity index (χ0v) is 11.4. The van der Waals surface area contributed by atoms with Gasteiger partial charge in [0, 0.05) is 30.4 Å². The molecule has 104 valence electrons. The minimum atomic E-state index is -0.412. The van der Waals surface area contributed by atoms with Crippen LogP contribution in [0.3, 0.4) is 0 Å². The summed E-state index contributed by atoms with van der Waals surface area (Å²) in [5, 5.41) is 0. The Labute approximate surface area is 114 Å². The van der Waals surface area contributed by atoms with Crippen molar-refractivity contribution in [1.29, 1.82) is 0 Å². The average Bonchev–Trinajstić information content (AvgIpc) is 2.42. The zero-order valence-electron chi connectivity index (χ0n) is 11.4. The summed E-state index contributed by atoms with van der Waals surface area (Å²) in [4.78, 5) is 17.9. The van der Waals surface area contributed by atoms with Gasteiger partial charge >= 0.3 is 0 Å². The van der Waals surface area contributed by atoms with E-state index in [2.05, 4.69) is 16.8 Å². The number of anilines is 1. The van der Waals surface area contributed by atoms with Crippen LogP contribution in [0.2, 0.25) is 0 Å². The Morgan fingerprint density at radius 2 is 2.11 bits per heavy atom. The molecule has 1 amide bonds. The summed E-state index contributed by atoms with van der Waals surface area (Å²) in [6.07, 6.45) is 5.91. The Morgan fingerprint density at radius 3 is 2.68 bits per heavy atom. The fourth-order valence-electron chi connectivity index (χ4n) is 2.75. The van der Waals surface area contributed by atoms with Crippen molar-refractivity contribution in [3.05, 3.63) is 23.9 Å². The second-order valence-corrected chi connectivity index (χ2v) is 5.12. The molecule has 1 aliphatic carbocycles. The van der Waals surface area contributed by atoms with Crippen molar-refractivity contribution in [2.75, 3.05) is 11.4 Å². The van der Waals surface area contributed by atoms with E-state index in [1.54, 1.807) is 18.3 Å². The third kappa shape index (κ3) is 3.23.